The largest absolute Gasteiger partial charge is 0.396 e. The Kier molecular flexibility index (Phi) is 3.74. The Bertz CT molecular complexity index is 624. The summed E-state index contributed by atoms with van der Waals surface area (Å²) >= 11 is 1.16. The van der Waals surface area contributed by atoms with E-state index in [1.54, 1.807) is 0 Å². The average molecular weight is 299 g/mol. The molecular weight excluding hydrogens is 282 g/mol. The van der Waals surface area contributed by atoms with Crippen molar-refractivity contribution >= 4 is 31.9 Å². The zero-order chi connectivity index (χ0) is 14.2. The third-order valence-electron chi connectivity index (χ3n) is 3.46. The first kappa shape index (κ1) is 14.2. The van der Waals surface area contributed by atoms with Crippen molar-refractivity contribution in [3.05, 3.63) is 4.88 Å². The summed E-state index contributed by atoms with van der Waals surface area (Å²) in [5.74, 6) is 0.617. The molecule has 1 fully saturated rings. The van der Waals surface area contributed by atoms with Crippen LogP contribution in [0.1, 0.15) is 24.1 Å². The lowest BCUT2D eigenvalue weighted by atomic mass is 9.85. The second kappa shape index (κ2) is 5.02. The van der Waals surface area contributed by atoms with E-state index in [1.807, 2.05) is 18.0 Å². The Morgan fingerprint density at radius 3 is 2.58 bits per heavy atom. The predicted molar refractivity (Wildman–Crippen MR) is 77.2 cm³/mol. The van der Waals surface area contributed by atoms with Crippen LogP contribution in [-0.2, 0) is 9.84 Å². The molecule has 0 atom stereocenters. The smallest absolute Gasteiger partial charge is 0.180 e. The molecule has 2 rings (SSSR count). The van der Waals surface area contributed by atoms with Crippen molar-refractivity contribution in [1.82, 2.24) is 0 Å². The third kappa shape index (κ3) is 2.69. The summed E-state index contributed by atoms with van der Waals surface area (Å²) in [6.45, 7) is 0.813. The zero-order valence-corrected chi connectivity index (χ0v) is 12.6. The van der Waals surface area contributed by atoms with Gasteiger partial charge in [0.25, 0.3) is 0 Å². The number of hydrogen-bond acceptors (Lipinski definition) is 6. The number of nitriles is 1. The molecule has 1 aromatic rings. The summed E-state index contributed by atoms with van der Waals surface area (Å²) in [4.78, 5) is 2.30. The van der Waals surface area contributed by atoms with Gasteiger partial charge < -0.3 is 10.6 Å². The lowest BCUT2D eigenvalue weighted by Gasteiger charge is -2.30. The van der Waals surface area contributed by atoms with Crippen LogP contribution in [0, 0.1) is 17.2 Å². The maximum Gasteiger partial charge on any atom is 0.180 e. The Hall–Kier alpha value is -1.26. The Morgan fingerprint density at radius 2 is 2.16 bits per heavy atom. The van der Waals surface area contributed by atoms with Crippen LogP contribution in [0.3, 0.4) is 0 Å². The number of hydrogen-bond donors (Lipinski definition) is 1. The second-order valence-electron chi connectivity index (χ2n) is 5.04. The first-order valence-corrected chi connectivity index (χ1v) is 8.79. The van der Waals surface area contributed by atoms with Gasteiger partial charge in [0, 0.05) is 19.8 Å². The fraction of sp³-hybridized carbons (Fsp3) is 0.583. The molecule has 0 aliphatic heterocycles. The highest BCUT2D eigenvalue weighted by atomic mass is 32.2. The van der Waals surface area contributed by atoms with Crippen molar-refractivity contribution in [3.63, 3.8) is 0 Å². The molecule has 0 unspecified atom stereocenters. The van der Waals surface area contributed by atoms with Crippen molar-refractivity contribution in [2.75, 3.05) is 30.5 Å². The first-order valence-electron chi connectivity index (χ1n) is 6.08. The standard InChI is InChI=1S/C12H17N3O2S2/c1-15(7-8-4-3-5-8)12-11(19(2,16)17)10(14)9(6-13)18-12/h8H,3-5,7,14H2,1-2H3. The van der Waals surface area contributed by atoms with Crippen molar-refractivity contribution in [1.29, 1.82) is 5.26 Å². The number of nitrogens with two attached hydrogens (primary N) is 1. The summed E-state index contributed by atoms with van der Waals surface area (Å²) in [6.07, 6.45) is 4.75. The van der Waals surface area contributed by atoms with E-state index in [-0.39, 0.29) is 15.5 Å². The lowest BCUT2D eigenvalue weighted by molar-refractivity contribution is 0.321. The van der Waals surface area contributed by atoms with E-state index in [0.29, 0.717) is 10.9 Å². The van der Waals surface area contributed by atoms with Crippen LogP contribution >= 0.6 is 11.3 Å². The molecule has 2 N–H and O–H groups in total. The van der Waals surface area contributed by atoms with Crippen LogP contribution in [0.25, 0.3) is 0 Å². The highest BCUT2D eigenvalue weighted by molar-refractivity contribution is 7.91. The highest BCUT2D eigenvalue weighted by Gasteiger charge is 2.28. The average Bonchev–Trinajstić information content (AvgIpc) is 2.60. The van der Waals surface area contributed by atoms with Crippen molar-refractivity contribution in [3.8, 4) is 6.07 Å². The molecule has 0 saturated heterocycles. The summed E-state index contributed by atoms with van der Waals surface area (Å²) in [7, 11) is -1.57. The molecule has 19 heavy (non-hydrogen) atoms. The van der Waals surface area contributed by atoms with Crippen molar-refractivity contribution in [2.45, 2.75) is 24.2 Å². The Morgan fingerprint density at radius 1 is 1.53 bits per heavy atom. The van der Waals surface area contributed by atoms with E-state index >= 15 is 0 Å². The summed E-state index contributed by atoms with van der Waals surface area (Å²) in [5, 5.41) is 9.60. The van der Waals surface area contributed by atoms with Gasteiger partial charge in [0.1, 0.15) is 20.8 Å². The fourth-order valence-electron chi connectivity index (χ4n) is 2.25. The van der Waals surface area contributed by atoms with Crippen LogP contribution < -0.4 is 10.6 Å². The third-order valence-corrected chi connectivity index (χ3v) is 5.97. The van der Waals surface area contributed by atoms with Gasteiger partial charge >= 0.3 is 0 Å². The van der Waals surface area contributed by atoms with Gasteiger partial charge in [-0.05, 0) is 18.8 Å². The second-order valence-corrected chi connectivity index (χ2v) is 7.99. The number of sulfone groups is 1. The van der Waals surface area contributed by atoms with Gasteiger partial charge in [-0.1, -0.05) is 6.42 Å². The van der Waals surface area contributed by atoms with Gasteiger partial charge in [-0.25, -0.2) is 8.42 Å². The molecule has 5 nitrogen and oxygen atoms in total. The molecule has 0 radical (unpaired) electrons. The van der Waals surface area contributed by atoms with Gasteiger partial charge in [0.05, 0.1) is 5.69 Å². The fourth-order valence-corrected chi connectivity index (χ4v) is 4.76. The number of nitrogens with zero attached hydrogens (tertiary/aromatic N) is 2. The number of rotatable bonds is 4. The molecule has 1 heterocycles. The van der Waals surface area contributed by atoms with Crippen LogP contribution in [0.2, 0.25) is 0 Å². The summed E-state index contributed by atoms with van der Waals surface area (Å²) in [5.41, 5.74) is 5.89. The zero-order valence-electron chi connectivity index (χ0n) is 11.0. The van der Waals surface area contributed by atoms with E-state index < -0.39 is 9.84 Å². The van der Waals surface area contributed by atoms with Crippen LogP contribution in [0.4, 0.5) is 10.7 Å². The van der Waals surface area contributed by atoms with Crippen molar-refractivity contribution in [2.24, 2.45) is 5.92 Å². The molecule has 1 aliphatic rings. The molecule has 104 valence electrons. The number of anilines is 2. The lowest BCUT2D eigenvalue weighted by Crippen LogP contribution is -2.29. The van der Waals surface area contributed by atoms with Gasteiger partial charge in [-0.15, -0.1) is 11.3 Å². The molecule has 0 amide bonds. The van der Waals surface area contributed by atoms with Gasteiger partial charge in [0.15, 0.2) is 9.84 Å². The van der Waals surface area contributed by atoms with E-state index in [1.165, 1.54) is 19.3 Å². The highest BCUT2D eigenvalue weighted by Crippen LogP contribution is 2.41. The molecule has 1 aliphatic carbocycles. The quantitative estimate of drug-likeness (QED) is 0.916. The monoisotopic (exact) mass is 299 g/mol. The van der Waals surface area contributed by atoms with Gasteiger partial charge in [-0.3, -0.25) is 0 Å². The molecular formula is C12H17N3O2S2. The Labute approximate surface area is 117 Å². The molecule has 0 aromatic carbocycles. The van der Waals surface area contributed by atoms with Crippen LogP contribution in [0.5, 0.6) is 0 Å². The molecule has 7 heteroatoms. The minimum absolute atomic E-state index is 0.0884. The molecule has 1 aromatic heterocycles. The van der Waals surface area contributed by atoms with Crippen molar-refractivity contribution < 1.29 is 8.42 Å². The van der Waals surface area contributed by atoms with E-state index in [9.17, 15) is 8.42 Å². The summed E-state index contributed by atoms with van der Waals surface area (Å²) < 4.78 is 23.7. The van der Waals surface area contributed by atoms with E-state index in [2.05, 4.69) is 0 Å². The van der Waals surface area contributed by atoms with Crippen LogP contribution in [0.15, 0.2) is 4.90 Å². The van der Waals surface area contributed by atoms with Gasteiger partial charge in [0.2, 0.25) is 0 Å². The minimum Gasteiger partial charge on any atom is -0.396 e. The molecule has 0 bridgehead atoms. The SMILES string of the molecule is CN(CC1CCC1)c1sc(C#N)c(N)c1S(C)(=O)=O. The Balaban J connectivity index is 2.41. The first-order chi connectivity index (χ1) is 8.84. The normalized spacial score (nSPS) is 15.8. The predicted octanol–water partition coefficient (Wildman–Crippen LogP) is 1.84. The minimum atomic E-state index is -3.43. The molecule has 1 saturated carbocycles. The van der Waals surface area contributed by atoms with Crippen LogP contribution in [-0.4, -0.2) is 28.3 Å². The molecule has 0 spiro atoms. The number of nitrogen functional groups attached to an aromatic ring is 1. The van der Waals surface area contributed by atoms with Gasteiger partial charge in [-0.2, -0.15) is 5.26 Å². The topological polar surface area (TPSA) is 87.2 Å². The maximum atomic E-state index is 11.9. The summed E-state index contributed by atoms with van der Waals surface area (Å²) in [6, 6.07) is 1.97. The van der Waals surface area contributed by atoms with E-state index in [0.717, 1.165) is 24.1 Å². The number of thiophene rings is 1. The van der Waals surface area contributed by atoms with E-state index in [4.69, 9.17) is 11.0 Å². The maximum absolute atomic E-state index is 11.9.